The molecular formula is C36H32O9. The summed E-state index contributed by atoms with van der Waals surface area (Å²) < 4.78 is 11.0. The van der Waals surface area contributed by atoms with Crippen LogP contribution in [0.5, 0.6) is 17.2 Å². The number of carbonyl (C=O) groups excluding carboxylic acids is 5. The number of phenolic OH excluding ortho intramolecular Hbond substituents is 2. The molecule has 0 radical (unpaired) electrons. The standard InChI is InChI=1S/C36H32O9/c1-3-4-5-14-21-44-36(43)27-28(30(38)23-15-8-6-9-16-23)32(40)33(41)34(45-35(42)24-17-10-7-11-18-24)29(27)31(39)26-20-13-12-19-25(26)22(2)37/h6-13,15-20,40-41H,3-5,14,21H2,1-2H3. The van der Waals surface area contributed by atoms with E-state index in [-0.39, 0.29) is 28.9 Å². The van der Waals surface area contributed by atoms with Gasteiger partial charge >= 0.3 is 11.9 Å². The first-order valence-corrected chi connectivity index (χ1v) is 14.5. The van der Waals surface area contributed by atoms with Crippen LogP contribution in [0, 0.1) is 0 Å². The molecule has 0 aliphatic carbocycles. The molecule has 4 aromatic carbocycles. The summed E-state index contributed by atoms with van der Waals surface area (Å²) in [4.78, 5) is 67.8. The highest BCUT2D eigenvalue weighted by atomic mass is 16.5. The van der Waals surface area contributed by atoms with Crippen molar-refractivity contribution >= 4 is 29.3 Å². The van der Waals surface area contributed by atoms with Crippen molar-refractivity contribution in [2.24, 2.45) is 0 Å². The fraction of sp³-hybridized carbons (Fsp3) is 0.194. The Hall–Kier alpha value is -5.57. The van der Waals surface area contributed by atoms with E-state index in [1.165, 1.54) is 55.5 Å². The summed E-state index contributed by atoms with van der Waals surface area (Å²) in [5.41, 5.74) is -2.31. The molecule has 2 N–H and O–H groups in total. The van der Waals surface area contributed by atoms with E-state index in [2.05, 4.69) is 0 Å². The molecule has 0 spiro atoms. The Morgan fingerprint density at radius 3 is 1.78 bits per heavy atom. The molecule has 0 amide bonds. The molecule has 4 rings (SSSR count). The van der Waals surface area contributed by atoms with E-state index in [1.807, 2.05) is 6.92 Å². The number of ether oxygens (including phenoxy) is 2. The van der Waals surface area contributed by atoms with Gasteiger partial charge in [0.05, 0.1) is 28.9 Å². The summed E-state index contributed by atoms with van der Waals surface area (Å²) in [6.07, 6.45) is 3.05. The molecule has 0 aromatic heterocycles. The molecule has 4 aromatic rings. The number of carbonyl (C=O) groups is 5. The maximum atomic E-state index is 14.4. The lowest BCUT2D eigenvalue weighted by molar-refractivity contribution is 0.0489. The first-order valence-electron chi connectivity index (χ1n) is 14.5. The van der Waals surface area contributed by atoms with E-state index in [1.54, 1.807) is 36.4 Å². The quantitative estimate of drug-likeness (QED) is 0.0556. The van der Waals surface area contributed by atoms with Crippen LogP contribution in [-0.4, -0.2) is 46.1 Å². The Kier molecular flexibility index (Phi) is 10.6. The second-order valence-electron chi connectivity index (χ2n) is 10.2. The van der Waals surface area contributed by atoms with E-state index in [0.717, 1.165) is 19.3 Å². The van der Waals surface area contributed by atoms with Gasteiger partial charge in [0.2, 0.25) is 5.75 Å². The van der Waals surface area contributed by atoms with Gasteiger partial charge < -0.3 is 19.7 Å². The second kappa shape index (κ2) is 14.7. The highest BCUT2D eigenvalue weighted by molar-refractivity contribution is 6.25. The molecule has 0 saturated carbocycles. The number of Topliss-reactive ketones (excluding diaryl/α,β-unsaturated/α-hetero) is 1. The molecule has 0 bridgehead atoms. The summed E-state index contributed by atoms with van der Waals surface area (Å²) in [6, 6.07) is 21.0. The second-order valence-corrected chi connectivity index (χ2v) is 10.2. The maximum Gasteiger partial charge on any atom is 0.343 e. The predicted octanol–water partition coefficient (Wildman–Crippen LogP) is 6.72. The van der Waals surface area contributed by atoms with Crippen LogP contribution in [0.2, 0.25) is 0 Å². The van der Waals surface area contributed by atoms with Gasteiger partial charge in [-0.15, -0.1) is 0 Å². The van der Waals surface area contributed by atoms with E-state index in [0.29, 0.717) is 6.42 Å². The van der Waals surface area contributed by atoms with Gasteiger partial charge in [-0.3, -0.25) is 14.4 Å². The summed E-state index contributed by atoms with van der Waals surface area (Å²) in [5, 5.41) is 22.5. The number of rotatable bonds is 13. The first-order chi connectivity index (χ1) is 21.7. The van der Waals surface area contributed by atoms with Crippen LogP contribution < -0.4 is 4.74 Å². The van der Waals surface area contributed by atoms with Crippen LogP contribution in [0.15, 0.2) is 84.9 Å². The molecule has 0 aliphatic heterocycles. The molecule has 0 heterocycles. The van der Waals surface area contributed by atoms with Gasteiger partial charge in [-0.05, 0) is 25.5 Å². The fourth-order valence-corrected chi connectivity index (χ4v) is 4.79. The Labute approximate surface area is 260 Å². The third-order valence-corrected chi connectivity index (χ3v) is 7.08. The number of hydrogen-bond acceptors (Lipinski definition) is 9. The van der Waals surface area contributed by atoms with Gasteiger partial charge in [-0.2, -0.15) is 0 Å². The van der Waals surface area contributed by atoms with E-state index >= 15 is 0 Å². The van der Waals surface area contributed by atoms with Crippen molar-refractivity contribution in [3.8, 4) is 17.2 Å². The van der Waals surface area contributed by atoms with Crippen molar-refractivity contribution < 1.29 is 43.7 Å². The average Bonchev–Trinajstić information content (AvgIpc) is 3.06. The van der Waals surface area contributed by atoms with Crippen LogP contribution >= 0.6 is 0 Å². The Morgan fingerprint density at radius 1 is 0.600 bits per heavy atom. The molecule has 0 atom stereocenters. The first kappa shape index (κ1) is 32.3. The normalized spacial score (nSPS) is 10.6. The molecule has 0 fully saturated rings. The zero-order chi connectivity index (χ0) is 32.5. The Balaban J connectivity index is 2.03. The van der Waals surface area contributed by atoms with Crippen molar-refractivity contribution in [2.45, 2.75) is 39.5 Å². The topological polar surface area (TPSA) is 144 Å². The highest BCUT2D eigenvalue weighted by Crippen LogP contribution is 2.46. The minimum atomic E-state index is -1.17. The maximum absolute atomic E-state index is 14.4. The Morgan fingerprint density at radius 2 is 1.18 bits per heavy atom. The van der Waals surface area contributed by atoms with E-state index in [4.69, 9.17) is 9.47 Å². The number of ketones is 3. The molecule has 230 valence electrons. The summed E-state index contributed by atoms with van der Waals surface area (Å²) in [7, 11) is 0. The van der Waals surface area contributed by atoms with Crippen LogP contribution in [0.3, 0.4) is 0 Å². The number of esters is 2. The van der Waals surface area contributed by atoms with Crippen molar-refractivity contribution in [2.75, 3.05) is 6.61 Å². The van der Waals surface area contributed by atoms with Gasteiger partial charge in [0.15, 0.2) is 28.8 Å². The number of phenols is 2. The van der Waals surface area contributed by atoms with Gasteiger partial charge in [-0.1, -0.05) is 99.0 Å². The molecule has 0 saturated heterocycles. The third-order valence-electron chi connectivity index (χ3n) is 7.08. The zero-order valence-electron chi connectivity index (χ0n) is 24.9. The fourth-order valence-electron chi connectivity index (χ4n) is 4.79. The molecule has 9 heteroatoms. The molecule has 45 heavy (non-hydrogen) atoms. The minimum Gasteiger partial charge on any atom is -0.504 e. The van der Waals surface area contributed by atoms with E-state index in [9.17, 15) is 34.2 Å². The number of aromatic hydroxyl groups is 2. The van der Waals surface area contributed by atoms with Crippen molar-refractivity contribution in [3.63, 3.8) is 0 Å². The van der Waals surface area contributed by atoms with Crippen LogP contribution in [0.25, 0.3) is 0 Å². The zero-order valence-corrected chi connectivity index (χ0v) is 24.9. The predicted molar refractivity (Wildman–Crippen MR) is 165 cm³/mol. The summed E-state index contributed by atoms with van der Waals surface area (Å²) in [5.74, 6) is -7.68. The lowest BCUT2D eigenvalue weighted by Gasteiger charge is -2.20. The van der Waals surface area contributed by atoms with Crippen LogP contribution in [0.4, 0.5) is 0 Å². The van der Waals surface area contributed by atoms with Crippen LogP contribution in [0.1, 0.15) is 102 Å². The number of benzene rings is 4. The Bertz CT molecular complexity index is 1740. The third kappa shape index (κ3) is 7.15. The lowest BCUT2D eigenvalue weighted by Crippen LogP contribution is -2.22. The number of hydrogen-bond donors (Lipinski definition) is 2. The molecule has 0 aliphatic rings. The van der Waals surface area contributed by atoms with Crippen molar-refractivity contribution in [3.05, 3.63) is 124 Å². The van der Waals surface area contributed by atoms with E-state index < -0.39 is 63.2 Å². The molecular weight excluding hydrogens is 576 g/mol. The summed E-state index contributed by atoms with van der Waals surface area (Å²) >= 11 is 0. The van der Waals surface area contributed by atoms with Crippen molar-refractivity contribution in [1.82, 2.24) is 0 Å². The van der Waals surface area contributed by atoms with Crippen LogP contribution in [-0.2, 0) is 4.74 Å². The van der Waals surface area contributed by atoms with Gasteiger partial charge in [0, 0.05) is 16.7 Å². The number of unbranched alkanes of at least 4 members (excludes halogenated alkanes) is 3. The smallest absolute Gasteiger partial charge is 0.343 e. The van der Waals surface area contributed by atoms with Gasteiger partial charge in [-0.25, -0.2) is 9.59 Å². The van der Waals surface area contributed by atoms with Gasteiger partial charge in [0.1, 0.15) is 0 Å². The molecule has 0 unspecified atom stereocenters. The van der Waals surface area contributed by atoms with Gasteiger partial charge in [0.25, 0.3) is 0 Å². The monoisotopic (exact) mass is 608 g/mol. The molecule has 9 nitrogen and oxygen atoms in total. The van der Waals surface area contributed by atoms with Crippen molar-refractivity contribution in [1.29, 1.82) is 0 Å². The average molecular weight is 609 g/mol. The SMILES string of the molecule is CCCCCCOC(=O)c1c(C(=O)c2ccccc2)c(O)c(O)c(OC(=O)c2ccccc2)c1C(=O)c1ccccc1C(C)=O. The minimum absolute atomic E-state index is 0.0229. The summed E-state index contributed by atoms with van der Waals surface area (Å²) in [6.45, 7) is 3.19. The highest BCUT2D eigenvalue weighted by Gasteiger charge is 2.38. The largest absolute Gasteiger partial charge is 0.504 e. The lowest BCUT2D eigenvalue weighted by atomic mass is 9.87.